The third-order valence-electron chi connectivity index (χ3n) is 3.33. The summed E-state index contributed by atoms with van der Waals surface area (Å²) in [4.78, 5) is 15.4. The Kier molecular flexibility index (Phi) is 3.00. The number of nitrogens with zero attached hydrogens (tertiary/aromatic N) is 4. The van der Waals surface area contributed by atoms with Crippen LogP contribution < -0.4 is 5.32 Å². The molecule has 3 rings (SSSR count). The number of aromatic nitrogens is 3. The van der Waals surface area contributed by atoms with E-state index >= 15 is 0 Å². The van der Waals surface area contributed by atoms with Crippen molar-refractivity contribution < 1.29 is 4.79 Å². The van der Waals surface area contributed by atoms with Crippen molar-refractivity contribution in [3.8, 4) is 5.69 Å². The molecule has 0 unspecified atom stereocenters. The second kappa shape index (κ2) is 4.81. The SMILES string of the molecule is CN(C(=O)c1cnn(-c2ccccc2)n1)C1CNC1. The minimum Gasteiger partial charge on any atom is -0.335 e. The van der Waals surface area contributed by atoms with Gasteiger partial charge in [-0.1, -0.05) is 18.2 Å². The molecule has 0 atom stereocenters. The van der Waals surface area contributed by atoms with Crippen LogP contribution in [-0.4, -0.2) is 52.0 Å². The van der Waals surface area contributed by atoms with Crippen LogP contribution in [0.25, 0.3) is 5.69 Å². The molecule has 1 aliphatic heterocycles. The average molecular weight is 257 g/mol. The van der Waals surface area contributed by atoms with Gasteiger partial charge in [0.25, 0.3) is 5.91 Å². The summed E-state index contributed by atoms with van der Waals surface area (Å²) in [5.41, 5.74) is 1.22. The molecule has 0 aliphatic carbocycles. The first kappa shape index (κ1) is 11.9. The van der Waals surface area contributed by atoms with Gasteiger partial charge in [0.15, 0.2) is 5.69 Å². The Bertz CT molecular complexity index is 576. The van der Waals surface area contributed by atoms with E-state index in [4.69, 9.17) is 0 Å². The van der Waals surface area contributed by atoms with Gasteiger partial charge in [0.2, 0.25) is 0 Å². The molecule has 0 bridgehead atoms. The molecule has 6 heteroatoms. The molecule has 1 amide bonds. The molecule has 1 saturated heterocycles. The lowest BCUT2D eigenvalue weighted by Crippen LogP contribution is -2.57. The molecule has 2 aromatic rings. The van der Waals surface area contributed by atoms with Gasteiger partial charge in [0, 0.05) is 20.1 Å². The number of hydrogen-bond acceptors (Lipinski definition) is 4. The normalized spacial score (nSPS) is 15.0. The van der Waals surface area contributed by atoms with E-state index in [2.05, 4.69) is 15.5 Å². The molecule has 1 aromatic heterocycles. The number of hydrogen-bond donors (Lipinski definition) is 1. The maximum atomic E-state index is 12.2. The Morgan fingerprint density at radius 1 is 1.37 bits per heavy atom. The molecule has 19 heavy (non-hydrogen) atoms. The van der Waals surface area contributed by atoms with Crippen LogP contribution in [0.4, 0.5) is 0 Å². The van der Waals surface area contributed by atoms with Gasteiger partial charge < -0.3 is 10.2 Å². The van der Waals surface area contributed by atoms with Crippen molar-refractivity contribution >= 4 is 5.91 Å². The number of amides is 1. The van der Waals surface area contributed by atoms with E-state index in [9.17, 15) is 4.79 Å². The number of para-hydroxylation sites is 1. The van der Waals surface area contributed by atoms with Crippen LogP contribution >= 0.6 is 0 Å². The lowest BCUT2D eigenvalue weighted by molar-refractivity contribution is 0.0674. The number of carbonyl (C=O) groups is 1. The third-order valence-corrected chi connectivity index (χ3v) is 3.33. The van der Waals surface area contributed by atoms with Gasteiger partial charge in [-0.15, -0.1) is 5.10 Å². The van der Waals surface area contributed by atoms with Crippen LogP contribution in [0, 0.1) is 0 Å². The van der Waals surface area contributed by atoms with Crippen molar-refractivity contribution in [3.63, 3.8) is 0 Å². The number of likely N-dealkylation sites (N-methyl/N-ethyl adjacent to an activating group) is 1. The standard InChI is InChI=1S/C13H15N5O/c1-17(11-7-14-8-11)13(19)12-9-15-18(16-12)10-5-3-2-4-6-10/h2-6,9,11,14H,7-8H2,1H3. The van der Waals surface area contributed by atoms with E-state index in [1.807, 2.05) is 30.3 Å². The molecule has 1 aliphatic rings. The highest BCUT2D eigenvalue weighted by molar-refractivity contribution is 5.92. The van der Waals surface area contributed by atoms with Crippen LogP contribution in [0.5, 0.6) is 0 Å². The largest absolute Gasteiger partial charge is 0.335 e. The van der Waals surface area contributed by atoms with Gasteiger partial charge >= 0.3 is 0 Å². The molecule has 1 aromatic carbocycles. The zero-order chi connectivity index (χ0) is 13.2. The number of rotatable bonds is 3. The zero-order valence-corrected chi connectivity index (χ0v) is 10.7. The number of carbonyl (C=O) groups excluding carboxylic acids is 1. The molecule has 98 valence electrons. The van der Waals surface area contributed by atoms with Gasteiger partial charge in [-0.05, 0) is 12.1 Å². The Morgan fingerprint density at radius 2 is 2.11 bits per heavy atom. The summed E-state index contributed by atoms with van der Waals surface area (Å²) in [5.74, 6) is -0.0892. The quantitative estimate of drug-likeness (QED) is 0.859. The van der Waals surface area contributed by atoms with Crippen molar-refractivity contribution in [1.82, 2.24) is 25.2 Å². The highest BCUT2D eigenvalue weighted by atomic mass is 16.2. The molecule has 0 saturated carbocycles. The lowest BCUT2D eigenvalue weighted by Gasteiger charge is -2.35. The fourth-order valence-corrected chi connectivity index (χ4v) is 1.94. The molecule has 2 heterocycles. The first-order valence-corrected chi connectivity index (χ1v) is 6.21. The first-order valence-electron chi connectivity index (χ1n) is 6.21. The maximum Gasteiger partial charge on any atom is 0.276 e. The van der Waals surface area contributed by atoms with Gasteiger partial charge in [-0.2, -0.15) is 9.90 Å². The van der Waals surface area contributed by atoms with Crippen molar-refractivity contribution in [2.24, 2.45) is 0 Å². The van der Waals surface area contributed by atoms with E-state index in [0.29, 0.717) is 5.69 Å². The van der Waals surface area contributed by atoms with Crippen molar-refractivity contribution in [1.29, 1.82) is 0 Å². The number of nitrogens with one attached hydrogen (secondary N) is 1. The minimum atomic E-state index is -0.0892. The van der Waals surface area contributed by atoms with Crippen LogP contribution in [-0.2, 0) is 0 Å². The van der Waals surface area contributed by atoms with E-state index in [0.717, 1.165) is 18.8 Å². The van der Waals surface area contributed by atoms with E-state index in [1.54, 1.807) is 11.9 Å². The van der Waals surface area contributed by atoms with E-state index in [-0.39, 0.29) is 11.9 Å². The Labute approximate surface area is 111 Å². The maximum absolute atomic E-state index is 12.2. The topological polar surface area (TPSA) is 63.1 Å². The first-order chi connectivity index (χ1) is 9.25. The van der Waals surface area contributed by atoms with Crippen molar-refractivity contribution in [2.45, 2.75) is 6.04 Å². The van der Waals surface area contributed by atoms with Crippen LogP contribution in [0.15, 0.2) is 36.5 Å². The average Bonchev–Trinajstić information content (AvgIpc) is 2.86. The zero-order valence-electron chi connectivity index (χ0n) is 10.7. The smallest absolute Gasteiger partial charge is 0.276 e. The second-order valence-electron chi connectivity index (χ2n) is 4.58. The molecule has 1 N–H and O–H groups in total. The molecule has 0 radical (unpaired) electrons. The predicted octanol–water partition coefficient (Wildman–Crippen LogP) is 0.311. The van der Waals surface area contributed by atoms with Gasteiger partial charge in [0.1, 0.15) is 0 Å². The monoisotopic (exact) mass is 257 g/mol. The summed E-state index contributed by atoms with van der Waals surface area (Å²) in [5, 5.41) is 11.5. The Balaban J connectivity index is 1.79. The summed E-state index contributed by atoms with van der Waals surface area (Å²) in [6.45, 7) is 1.68. The molecule has 0 spiro atoms. The second-order valence-corrected chi connectivity index (χ2v) is 4.58. The highest BCUT2D eigenvalue weighted by Gasteiger charge is 2.27. The molecule has 1 fully saturated rings. The fraction of sp³-hybridized carbons (Fsp3) is 0.308. The summed E-state index contributed by atoms with van der Waals surface area (Å²) in [6.07, 6.45) is 1.51. The third kappa shape index (κ3) is 2.22. The number of benzene rings is 1. The lowest BCUT2D eigenvalue weighted by atomic mass is 10.1. The summed E-state index contributed by atoms with van der Waals surface area (Å²) in [6, 6.07) is 9.80. The van der Waals surface area contributed by atoms with Crippen molar-refractivity contribution in [3.05, 3.63) is 42.2 Å². The fourth-order valence-electron chi connectivity index (χ4n) is 1.94. The van der Waals surface area contributed by atoms with Crippen molar-refractivity contribution in [2.75, 3.05) is 20.1 Å². The highest BCUT2D eigenvalue weighted by Crippen LogP contribution is 2.09. The predicted molar refractivity (Wildman–Crippen MR) is 70.1 cm³/mol. The molecule has 6 nitrogen and oxygen atoms in total. The van der Waals surface area contributed by atoms with Gasteiger partial charge in [-0.25, -0.2) is 0 Å². The van der Waals surface area contributed by atoms with Crippen LogP contribution in [0.2, 0.25) is 0 Å². The van der Waals surface area contributed by atoms with Gasteiger partial charge in [0.05, 0.1) is 17.9 Å². The Hall–Kier alpha value is -2.21. The van der Waals surface area contributed by atoms with Crippen LogP contribution in [0.1, 0.15) is 10.5 Å². The summed E-state index contributed by atoms with van der Waals surface area (Å²) in [7, 11) is 1.80. The van der Waals surface area contributed by atoms with Gasteiger partial charge in [-0.3, -0.25) is 4.79 Å². The molecular formula is C13H15N5O. The van der Waals surface area contributed by atoms with E-state index in [1.165, 1.54) is 11.0 Å². The Morgan fingerprint density at radius 3 is 2.74 bits per heavy atom. The minimum absolute atomic E-state index is 0.0892. The molecular weight excluding hydrogens is 242 g/mol. The van der Waals surface area contributed by atoms with Crippen LogP contribution in [0.3, 0.4) is 0 Å². The van der Waals surface area contributed by atoms with E-state index < -0.39 is 0 Å². The summed E-state index contributed by atoms with van der Waals surface area (Å²) < 4.78 is 0. The summed E-state index contributed by atoms with van der Waals surface area (Å²) >= 11 is 0.